The number of aliphatic carboxylic acids is 1. The van der Waals surface area contributed by atoms with E-state index >= 15 is 0 Å². The Bertz CT molecular complexity index is 1820. The van der Waals surface area contributed by atoms with Gasteiger partial charge in [0.15, 0.2) is 0 Å². The molecule has 0 amide bonds. The average molecular weight is 542 g/mol. The summed E-state index contributed by atoms with van der Waals surface area (Å²) < 4.78 is 30.6. The summed E-state index contributed by atoms with van der Waals surface area (Å²) >= 11 is 0. The average Bonchev–Trinajstić information content (AvgIpc) is 3.24. The Hall–Kier alpha value is -4.70. The number of aromatic nitrogens is 2. The van der Waals surface area contributed by atoms with Gasteiger partial charge in [0.05, 0.1) is 11.2 Å². The van der Waals surface area contributed by atoms with Crippen LogP contribution in [0.5, 0.6) is 0 Å². The van der Waals surface area contributed by atoms with Gasteiger partial charge in [-0.2, -0.15) is 0 Å². The van der Waals surface area contributed by atoms with Crippen LogP contribution in [0.4, 0.5) is 5.69 Å². The van der Waals surface area contributed by atoms with Gasteiger partial charge in [-0.1, -0.05) is 42.5 Å². The number of nitrogens with one attached hydrogen (secondary N) is 1. The van der Waals surface area contributed by atoms with Gasteiger partial charge in [-0.3, -0.25) is 19.5 Å². The molecule has 2 heterocycles. The topological polar surface area (TPSA) is 142 Å². The van der Waals surface area contributed by atoms with Crippen LogP contribution < -0.4 is 10.0 Å². The number of carboxylic acids is 1. The van der Waals surface area contributed by atoms with Crippen LogP contribution in [0.25, 0.3) is 21.8 Å². The highest BCUT2D eigenvalue weighted by Gasteiger charge is 2.29. The molecule has 5 aromatic rings. The molecule has 0 atom stereocenters. The van der Waals surface area contributed by atoms with Gasteiger partial charge in [0.2, 0.25) is 0 Å². The van der Waals surface area contributed by atoms with Gasteiger partial charge in [0, 0.05) is 40.8 Å². The Balaban J connectivity index is 1.49. The fourth-order valence-corrected chi connectivity index (χ4v) is 6.33. The Morgan fingerprint density at radius 3 is 2.46 bits per heavy atom. The third-order valence-electron chi connectivity index (χ3n) is 6.79. The second kappa shape index (κ2) is 10.2. The first-order valence-corrected chi connectivity index (χ1v) is 13.7. The number of nitrogen functional groups attached to an aromatic ring is 1. The quantitative estimate of drug-likeness (QED) is 0.190. The van der Waals surface area contributed by atoms with Crippen molar-refractivity contribution in [2.75, 3.05) is 10.8 Å². The molecule has 198 valence electrons. The van der Waals surface area contributed by atoms with Crippen molar-refractivity contribution in [2.24, 2.45) is 12.8 Å². The summed E-state index contributed by atoms with van der Waals surface area (Å²) in [7, 11) is -2.30. The van der Waals surface area contributed by atoms with Gasteiger partial charge in [-0.15, -0.1) is 0 Å². The number of pyridine rings is 1. The van der Waals surface area contributed by atoms with Crippen LogP contribution in [0.3, 0.4) is 0 Å². The van der Waals surface area contributed by atoms with E-state index in [1.807, 2.05) is 48.0 Å². The minimum Gasteiger partial charge on any atom is -0.480 e. The molecule has 0 unspecified atom stereocenters. The molecule has 9 nitrogen and oxygen atoms in total. The zero-order valence-corrected chi connectivity index (χ0v) is 22.0. The number of amidine groups is 1. The van der Waals surface area contributed by atoms with Crippen molar-refractivity contribution in [3.63, 3.8) is 0 Å². The van der Waals surface area contributed by atoms with E-state index < -0.39 is 22.5 Å². The first-order chi connectivity index (χ1) is 18.6. The number of nitrogens with zero attached hydrogens (tertiary/aromatic N) is 3. The van der Waals surface area contributed by atoms with E-state index in [0.29, 0.717) is 10.9 Å². The summed E-state index contributed by atoms with van der Waals surface area (Å²) in [4.78, 5) is 16.0. The SMILES string of the molecule is Cn1c(CCc2ccc(C(=N)N)cc2)cc2cc(N(CC(=O)O)S(=O)(=O)c3cccc4cccnc34)ccc21. The predicted octanol–water partition coefficient (Wildman–Crippen LogP) is 4.08. The van der Waals surface area contributed by atoms with Crippen molar-refractivity contribution in [1.29, 1.82) is 5.41 Å². The largest absolute Gasteiger partial charge is 0.480 e. The number of para-hydroxylation sites is 1. The maximum absolute atomic E-state index is 13.8. The summed E-state index contributed by atoms with van der Waals surface area (Å²) in [5, 5.41) is 18.6. The number of nitrogens with two attached hydrogens (primary N) is 1. The van der Waals surface area contributed by atoms with Crippen molar-refractivity contribution in [1.82, 2.24) is 9.55 Å². The van der Waals surface area contributed by atoms with Gasteiger partial charge in [0.25, 0.3) is 10.0 Å². The second-order valence-electron chi connectivity index (χ2n) is 9.29. The standard InChI is InChI=1S/C29H27N5O4S/c1-33-23(12-9-19-7-10-21(11-8-19)29(30)31)16-22-17-24(13-14-25(22)33)34(18-27(35)36)39(37,38)26-6-2-4-20-5-3-15-32-28(20)26/h2-8,10-11,13-17H,9,12,18H2,1H3,(H3,30,31)(H,35,36). The van der Waals surface area contributed by atoms with Gasteiger partial charge in [-0.05, 0) is 54.8 Å². The van der Waals surface area contributed by atoms with Crippen LogP contribution in [0.15, 0.2) is 90.0 Å². The molecule has 10 heteroatoms. The molecule has 5 rings (SSSR count). The predicted molar refractivity (Wildman–Crippen MR) is 152 cm³/mol. The van der Waals surface area contributed by atoms with Gasteiger partial charge < -0.3 is 15.4 Å². The molecular formula is C29H27N5O4S. The lowest BCUT2D eigenvalue weighted by molar-refractivity contribution is -0.135. The monoisotopic (exact) mass is 541 g/mol. The minimum atomic E-state index is -4.24. The second-order valence-corrected chi connectivity index (χ2v) is 11.1. The van der Waals surface area contributed by atoms with Crippen LogP contribution in [-0.2, 0) is 34.7 Å². The van der Waals surface area contributed by atoms with Crippen molar-refractivity contribution in [3.05, 3.63) is 102 Å². The van der Waals surface area contributed by atoms with E-state index in [9.17, 15) is 18.3 Å². The van der Waals surface area contributed by atoms with E-state index in [1.54, 1.807) is 36.4 Å². The van der Waals surface area contributed by atoms with Crippen LogP contribution in [0.2, 0.25) is 0 Å². The number of anilines is 1. The molecule has 0 radical (unpaired) electrons. The van der Waals surface area contributed by atoms with Crippen LogP contribution >= 0.6 is 0 Å². The smallest absolute Gasteiger partial charge is 0.324 e. The molecule has 0 spiro atoms. The lowest BCUT2D eigenvalue weighted by Gasteiger charge is -2.23. The number of sulfonamides is 1. The maximum atomic E-state index is 13.8. The molecule has 0 bridgehead atoms. The van der Waals surface area contributed by atoms with Crippen molar-refractivity contribution < 1.29 is 18.3 Å². The van der Waals surface area contributed by atoms with Crippen LogP contribution in [-0.4, -0.2) is 41.4 Å². The molecule has 0 saturated carbocycles. The van der Waals surface area contributed by atoms with Crippen LogP contribution in [0.1, 0.15) is 16.8 Å². The molecule has 4 N–H and O–H groups in total. The normalized spacial score (nSPS) is 11.6. The number of carbonyl (C=O) groups is 1. The summed E-state index contributed by atoms with van der Waals surface area (Å²) in [6.07, 6.45) is 3.01. The lowest BCUT2D eigenvalue weighted by Crippen LogP contribution is -2.35. The highest BCUT2D eigenvalue weighted by molar-refractivity contribution is 7.93. The first-order valence-electron chi connectivity index (χ1n) is 12.2. The highest BCUT2D eigenvalue weighted by atomic mass is 32.2. The van der Waals surface area contributed by atoms with Crippen LogP contribution in [0, 0.1) is 5.41 Å². The van der Waals surface area contributed by atoms with Gasteiger partial charge in [0.1, 0.15) is 17.3 Å². The molecule has 0 fully saturated rings. The zero-order chi connectivity index (χ0) is 27.7. The third-order valence-corrected chi connectivity index (χ3v) is 8.60. The maximum Gasteiger partial charge on any atom is 0.324 e. The summed E-state index contributed by atoms with van der Waals surface area (Å²) in [5.41, 5.74) is 9.82. The molecule has 0 aliphatic carbocycles. The Morgan fingerprint density at radius 2 is 1.74 bits per heavy atom. The Kier molecular flexibility index (Phi) is 6.80. The molecule has 0 saturated heterocycles. The number of hydrogen-bond donors (Lipinski definition) is 3. The third kappa shape index (κ3) is 5.06. The van der Waals surface area contributed by atoms with E-state index in [2.05, 4.69) is 4.98 Å². The fraction of sp³-hybridized carbons (Fsp3) is 0.138. The minimum absolute atomic E-state index is 0.0294. The number of carboxylic acid groups (broad SMARTS) is 1. The molecule has 2 aromatic heterocycles. The van der Waals surface area contributed by atoms with Crippen molar-refractivity contribution in [3.8, 4) is 0 Å². The number of aryl methyl sites for hydroxylation is 3. The Morgan fingerprint density at radius 1 is 1.00 bits per heavy atom. The molecule has 0 aliphatic heterocycles. The number of rotatable bonds is 9. The van der Waals surface area contributed by atoms with E-state index in [1.165, 1.54) is 12.3 Å². The van der Waals surface area contributed by atoms with E-state index in [0.717, 1.165) is 39.3 Å². The molecular weight excluding hydrogens is 514 g/mol. The number of fused-ring (bicyclic) bond motifs is 2. The summed E-state index contributed by atoms with van der Waals surface area (Å²) in [6.45, 7) is -0.729. The van der Waals surface area contributed by atoms with Gasteiger partial charge >= 0.3 is 5.97 Å². The highest BCUT2D eigenvalue weighted by Crippen LogP contribution is 2.31. The van der Waals surface area contributed by atoms with E-state index in [4.69, 9.17) is 11.1 Å². The van der Waals surface area contributed by atoms with E-state index in [-0.39, 0.29) is 21.9 Å². The van der Waals surface area contributed by atoms with Crippen molar-refractivity contribution >= 4 is 49.3 Å². The lowest BCUT2D eigenvalue weighted by atomic mass is 10.1. The zero-order valence-electron chi connectivity index (χ0n) is 21.2. The number of hydrogen-bond acceptors (Lipinski definition) is 5. The molecule has 3 aromatic carbocycles. The van der Waals surface area contributed by atoms with Gasteiger partial charge in [-0.25, -0.2) is 8.42 Å². The molecule has 0 aliphatic rings. The van der Waals surface area contributed by atoms with Crippen molar-refractivity contribution in [2.45, 2.75) is 17.7 Å². The first kappa shape index (κ1) is 25.9. The fourth-order valence-electron chi connectivity index (χ4n) is 4.75. The number of benzene rings is 3. The Labute approximate surface area is 225 Å². The summed E-state index contributed by atoms with van der Waals surface area (Å²) in [5.74, 6) is -1.24. The summed E-state index contributed by atoms with van der Waals surface area (Å²) in [6, 6.07) is 23.0. The molecule has 39 heavy (non-hydrogen) atoms.